The monoisotopic (exact) mass is 234 g/mol. The van der Waals surface area contributed by atoms with Gasteiger partial charge in [-0.25, -0.2) is 4.21 Å². The Morgan fingerprint density at radius 2 is 2.20 bits per heavy atom. The largest absolute Gasteiger partial charge is 0.314 e. The zero-order valence-corrected chi connectivity index (χ0v) is 10.4. The first-order chi connectivity index (χ1) is 7.15. The first-order valence-electron chi connectivity index (χ1n) is 5.64. The minimum absolute atomic E-state index is 0.869. The maximum Gasteiger partial charge on any atom is 0.149 e. The van der Waals surface area contributed by atoms with Crippen molar-refractivity contribution in [3.8, 4) is 0 Å². The highest BCUT2D eigenvalue weighted by atomic mass is 32.2. The van der Waals surface area contributed by atoms with Gasteiger partial charge in [0.25, 0.3) is 0 Å². The van der Waals surface area contributed by atoms with E-state index in [9.17, 15) is 0 Å². The molecule has 2 aliphatic rings. The van der Waals surface area contributed by atoms with Crippen LogP contribution in [0, 0.1) is 0 Å². The highest BCUT2D eigenvalue weighted by Crippen LogP contribution is 2.26. The zero-order chi connectivity index (χ0) is 11.3. The van der Waals surface area contributed by atoms with Crippen molar-refractivity contribution < 1.29 is 8.76 Å². The second kappa shape index (κ2) is 6.58. The summed E-state index contributed by atoms with van der Waals surface area (Å²) in [5, 5.41) is 3.46. The molecule has 0 spiro atoms. The smallest absolute Gasteiger partial charge is 0.149 e. The lowest BCUT2D eigenvalue weighted by Gasteiger charge is -2.34. The lowest BCUT2D eigenvalue weighted by molar-refractivity contribution is 0.158. The molecular formula is C10H22N2O2S. The number of piperazine rings is 1. The maximum atomic E-state index is 9.11. The molecule has 2 saturated heterocycles. The summed E-state index contributed by atoms with van der Waals surface area (Å²) in [5.74, 6) is 0. The van der Waals surface area contributed by atoms with E-state index in [1.807, 2.05) is 0 Å². The van der Waals surface area contributed by atoms with E-state index in [2.05, 4.69) is 17.1 Å². The first kappa shape index (κ1) is 13.1. The van der Waals surface area contributed by atoms with Crippen molar-refractivity contribution >= 4 is 11.1 Å². The predicted octanol–water partition coefficient (Wildman–Crippen LogP) is 0.671. The third-order valence-electron chi connectivity index (χ3n) is 3.17. The van der Waals surface area contributed by atoms with Crippen molar-refractivity contribution in [3.05, 3.63) is 0 Å². The molecule has 0 saturated carbocycles. The van der Waals surface area contributed by atoms with Gasteiger partial charge in [-0.2, -0.15) is 0 Å². The van der Waals surface area contributed by atoms with Gasteiger partial charge in [-0.1, -0.05) is 6.92 Å². The lowest BCUT2D eigenvalue weighted by atomic mass is 10.1. The van der Waals surface area contributed by atoms with Gasteiger partial charge in [0, 0.05) is 38.0 Å². The van der Waals surface area contributed by atoms with E-state index in [0.717, 1.165) is 12.1 Å². The molecule has 2 fully saturated rings. The van der Waals surface area contributed by atoms with Gasteiger partial charge in [-0.3, -0.25) is 4.90 Å². The Morgan fingerprint density at radius 3 is 2.80 bits per heavy atom. The number of rotatable bonds is 1. The Morgan fingerprint density at radius 1 is 1.53 bits per heavy atom. The predicted molar refractivity (Wildman–Crippen MR) is 63.4 cm³/mol. The van der Waals surface area contributed by atoms with Gasteiger partial charge >= 0.3 is 0 Å². The van der Waals surface area contributed by atoms with Crippen LogP contribution in [-0.2, 0) is 11.1 Å². The molecule has 2 N–H and O–H groups in total. The van der Waals surface area contributed by atoms with E-state index in [1.165, 1.54) is 45.2 Å². The van der Waals surface area contributed by atoms with Gasteiger partial charge in [0.05, 0.1) is 0 Å². The van der Waals surface area contributed by atoms with Gasteiger partial charge < -0.3 is 9.87 Å². The molecule has 3 atom stereocenters. The number of hydrogen-bond acceptors (Lipinski definition) is 3. The zero-order valence-electron chi connectivity index (χ0n) is 9.61. The normalized spacial score (nSPS) is 32.7. The van der Waals surface area contributed by atoms with Crippen molar-refractivity contribution in [2.24, 2.45) is 0 Å². The maximum absolute atomic E-state index is 9.11. The number of hydrogen-bond donors (Lipinski definition) is 2. The molecule has 5 heteroatoms. The summed E-state index contributed by atoms with van der Waals surface area (Å²) in [4.78, 5) is 2.70. The van der Waals surface area contributed by atoms with Crippen LogP contribution >= 0.6 is 0 Å². The Bertz CT molecular complexity index is 204. The van der Waals surface area contributed by atoms with Gasteiger partial charge in [-0.05, 0) is 19.3 Å². The summed E-state index contributed by atoms with van der Waals surface area (Å²) < 4.78 is 16.6. The third kappa shape index (κ3) is 4.18. The van der Waals surface area contributed by atoms with Crippen molar-refractivity contribution in [3.63, 3.8) is 0 Å². The molecule has 0 aromatic rings. The number of nitrogens with zero attached hydrogens (tertiary/aromatic N) is 1. The molecule has 4 nitrogen and oxygen atoms in total. The van der Waals surface area contributed by atoms with Crippen LogP contribution in [0.25, 0.3) is 0 Å². The van der Waals surface area contributed by atoms with Gasteiger partial charge in [0.1, 0.15) is 11.1 Å². The van der Waals surface area contributed by atoms with Crippen molar-refractivity contribution in [2.45, 2.75) is 38.3 Å². The van der Waals surface area contributed by atoms with Crippen LogP contribution in [0.2, 0.25) is 0 Å². The summed E-state index contributed by atoms with van der Waals surface area (Å²) in [6.45, 7) is 6.03. The quantitative estimate of drug-likeness (QED) is 0.655. The molecule has 0 radical (unpaired) electrons. The molecule has 0 aromatic carbocycles. The molecule has 0 aliphatic carbocycles. The minimum atomic E-state index is -1.61. The highest BCUT2D eigenvalue weighted by Gasteiger charge is 2.33. The molecule has 0 amide bonds. The summed E-state index contributed by atoms with van der Waals surface area (Å²) in [5.41, 5.74) is 0. The molecule has 3 unspecified atom stereocenters. The molecule has 2 heterocycles. The Kier molecular flexibility index (Phi) is 5.74. The second-order valence-electron chi connectivity index (χ2n) is 4.16. The second-order valence-corrected chi connectivity index (χ2v) is 5.01. The minimum Gasteiger partial charge on any atom is -0.314 e. The Labute approximate surface area is 94.7 Å². The van der Waals surface area contributed by atoms with Crippen LogP contribution in [0.15, 0.2) is 0 Å². The van der Waals surface area contributed by atoms with E-state index in [4.69, 9.17) is 8.76 Å². The molecule has 2 aliphatic heterocycles. The van der Waals surface area contributed by atoms with Crippen LogP contribution in [-0.4, -0.2) is 51.6 Å². The summed E-state index contributed by atoms with van der Waals surface area (Å²) in [7, 11) is 0. The van der Waals surface area contributed by atoms with E-state index < -0.39 is 11.1 Å². The summed E-state index contributed by atoms with van der Waals surface area (Å²) in [6.07, 6.45) is 5.39. The standard InChI is InChI=1S/C9H18N2.CH4O2S/c1-2-8-3-4-9-7-10-5-6-11(8)9;1-4(2)3/h8-10H,2-7H2,1H3;1H3,(H,2,3). The van der Waals surface area contributed by atoms with E-state index in [1.54, 1.807) is 0 Å². The molecule has 15 heavy (non-hydrogen) atoms. The average molecular weight is 234 g/mol. The van der Waals surface area contributed by atoms with Gasteiger partial charge in [0.2, 0.25) is 0 Å². The molecule has 0 bridgehead atoms. The van der Waals surface area contributed by atoms with Crippen LogP contribution in [0.1, 0.15) is 26.2 Å². The van der Waals surface area contributed by atoms with Gasteiger partial charge in [0.15, 0.2) is 0 Å². The molecule has 0 aromatic heterocycles. The molecular weight excluding hydrogens is 212 g/mol. The van der Waals surface area contributed by atoms with Crippen LogP contribution in [0.4, 0.5) is 0 Å². The topological polar surface area (TPSA) is 52.6 Å². The van der Waals surface area contributed by atoms with Crippen LogP contribution in [0.5, 0.6) is 0 Å². The van der Waals surface area contributed by atoms with E-state index in [-0.39, 0.29) is 0 Å². The first-order valence-corrected chi connectivity index (χ1v) is 7.15. The SMILES string of the molecule is CCC1CCC2CNCCN12.CS(=O)O. The fourth-order valence-electron chi connectivity index (χ4n) is 2.51. The summed E-state index contributed by atoms with van der Waals surface area (Å²) >= 11 is -1.61. The fourth-order valence-corrected chi connectivity index (χ4v) is 2.51. The van der Waals surface area contributed by atoms with Gasteiger partial charge in [-0.15, -0.1) is 0 Å². The molecule has 2 rings (SSSR count). The molecule has 90 valence electrons. The fraction of sp³-hybridized carbons (Fsp3) is 1.00. The average Bonchev–Trinajstić information content (AvgIpc) is 2.59. The van der Waals surface area contributed by atoms with Crippen molar-refractivity contribution in [1.29, 1.82) is 0 Å². The lowest BCUT2D eigenvalue weighted by Crippen LogP contribution is -2.50. The Balaban J connectivity index is 0.000000245. The Hall–Kier alpha value is 0.0300. The van der Waals surface area contributed by atoms with Crippen LogP contribution < -0.4 is 5.32 Å². The van der Waals surface area contributed by atoms with Crippen molar-refractivity contribution in [2.75, 3.05) is 25.9 Å². The summed E-state index contributed by atoms with van der Waals surface area (Å²) in [6, 6.07) is 1.77. The van der Waals surface area contributed by atoms with E-state index >= 15 is 0 Å². The highest BCUT2D eigenvalue weighted by molar-refractivity contribution is 7.78. The van der Waals surface area contributed by atoms with E-state index in [0.29, 0.717) is 0 Å². The van der Waals surface area contributed by atoms with Crippen LogP contribution in [0.3, 0.4) is 0 Å². The number of fused-ring (bicyclic) bond motifs is 1. The van der Waals surface area contributed by atoms with Crippen molar-refractivity contribution in [1.82, 2.24) is 10.2 Å². The number of nitrogens with one attached hydrogen (secondary N) is 1. The third-order valence-corrected chi connectivity index (χ3v) is 3.17.